The number of esters is 1. The number of fused-ring (bicyclic) bond motifs is 1. The van der Waals surface area contributed by atoms with Gasteiger partial charge in [-0.3, -0.25) is 4.79 Å². The Hall–Kier alpha value is -1.81. The molecular formula is C13H16N2O2. The lowest BCUT2D eigenvalue weighted by molar-refractivity contribution is -0.140. The first-order chi connectivity index (χ1) is 8.20. The van der Waals surface area contributed by atoms with Gasteiger partial charge in [-0.15, -0.1) is 0 Å². The van der Waals surface area contributed by atoms with Crippen molar-refractivity contribution in [3.63, 3.8) is 0 Å². The van der Waals surface area contributed by atoms with Crippen LogP contribution >= 0.6 is 0 Å². The largest absolute Gasteiger partial charge is 0.469 e. The number of hydrogen-bond donors (Lipinski definition) is 2. The minimum atomic E-state index is -0.219. The summed E-state index contributed by atoms with van der Waals surface area (Å²) in [5.74, 6) is -0.219. The zero-order valence-electron chi connectivity index (χ0n) is 9.77. The number of carbonyl (C=O) groups excluding carboxylic acids is 1. The average molecular weight is 232 g/mol. The molecule has 1 heterocycles. The number of hydrogen-bond acceptors (Lipinski definition) is 3. The molecule has 1 unspecified atom stereocenters. The zero-order chi connectivity index (χ0) is 12.3. The van der Waals surface area contributed by atoms with Crippen molar-refractivity contribution < 1.29 is 9.53 Å². The quantitative estimate of drug-likeness (QED) is 0.793. The molecule has 3 N–H and O–H groups in total. The summed E-state index contributed by atoms with van der Waals surface area (Å²) in [4.78, 5) is 14.2. The Morgan fingerprint density at radius 2 is 2.29 bits per heavy atom. The fourth-order valence-corrected chi connectivity index (χ4v) is 1.84. The summed E-state index contributed by atoms with van der Waals surface area (Å²) >= 11 is 0. The van der Waals surface area contributed by atoms with Crippen molar-refractivity contribution in [1.29, 1.82) is 0 Å². The van der Waals surface area contributed by atoms with Gasteiger partial charge in [0.05, 0.1) is 7.11 Å². The summed E-state index contributed by atoms with van der Waals surface area (Å²) in [6.45, 7) is 0. The maximum absolute atomic E-state index is 11.0. The second-order valence-corrected chi connectivity index (χ2v) is 4.05. The molecule has 17 heavy (non-hydrogen) atoms. The van der Waals surface area contributed by atoms with Gasteiger partial charge >= 0.3 is 5.97 Å². The number of methoxy groups -OCH3 is 1. The summed E-state index contributed by atoms with van der Waals surface area (Å²) in [6.07, 6.45) is 2.85. The number of nitrogens with one attached hydrogen (secondary N) is 1. The van der Waals surface area contributed by atoms with Crippen LogP contribution in [0.5, 0.6) is 0 Å². The highest BCUT2D eigenvalue weighted by molar-refractivity contribution is 5.80. The molecule has 0 aliphatic heterocycles. The van der Waals surface area contributed by atoms with E-state index in [2.05, 4.69) is 9.72 Å². The van der Waals surface area contributed by atoms with Crippen LogP contribution in [0.25, 0.3) is 10.9 Å². The summed E-state index contributed by atoms with van der Waals surface area (Å²) in [5.41, 5.74) is 8.17. The van der Waals surface area contributed by atoms with Gasteiger partial charge in [-0.2, -0.15) is 0 Å². The van der Waals surface area contributed by atoms with E-state index < -0.39 is 0 Å². The van der Waals surface area contributed by atoms with Crippen molar-refractivity contribution in [2.75, 3.05) is 7.11 Å². The molecule has 1 aromatic heterocycles. The molecule has 0 spiro atoms. The van der Waals surface area contributed by atoms with E-state index in [0.717, 1.165) is 16.5 Å². The predicted octanol–water partition coefficient (Wildman–Crippen LogP) is 2.12. The molecular weight excluding hydrogens is 216 g/mol. The van der Waals surface area contributed by atoms with Crippen molar-refractivity contribution in [2.45, 2.75) is 18.9 Å². The summed E-state index contributed by atoms with van der Waals surface area (Å²) in [5, 5.41) is 1.14. The molecule has 0 bridgehead atoms. The smallest absolute Gasteiger partial charge is 0.305 e. The van der Waals surface area contributed by atoms with E-state index >= 15 is 0 Å². The number of ether oxygens (including phenoxy) is 1. The Morgan fingerprint density at radius 3 is 3.06 bits per heavy atom. The predicted molar refractivity (Wildman–Crippen MR) is 66.5 cm³/mol. The Morgan fingerprint density at radius 1 is 1.47 bits per heavy atom. The highest BCUT2D eigenvalue weighted by Crippen LogP contribution is 2.21. The van der Waals surface area contributed by atoms with Crippen molar-refractivity contribution in [1.82, 2.24) is 4.98 Å². The van der Waals surface area contributed by atoms with Crippen LogP contribution in [0.2, 0.25) is 0 Å². The Balaban J connectivity index is 2.07. The van der Waals surface area contributed by atoms with Crippen LogP contribution in [0.1, 0.15) is 24.4 Å². The first-order valence-electron chi connectivity index (χ1n) is 5.60. The van der Waals surface area contributed by atoms with Gasteiger partial charge in [0, 0.05) is 24.2 Å². The van der Waals surface area contributed by atoms with Crippen LogP contribution < -0.4 is 5.73 Å². The molecule has 0 aliphatic rings. The highest BCUT2D eigenvalue weighted by Gasteiger charge is 2.10. The molecule has 4 nitrogen and oxygen atoms in total. The van der Waals surface area contributed by atoms with Gasteiger partial charge in [0.15, 0.2) is 0 Å². The molecule has 90 valence electrons. The van der Waals surface area contributed by atoms with E-state index in [1.165, 1.54) is 7.11 Å². The molecule has 4 heteroatoms. The fraction of sp³-hybridized carbons (Fsp3) is 0.308. The number of aromatic amines is 1. The number of nitrogens with two attached hydrogens (primary N) is 1. The van der Waals surface area contributed by atoms with Crippen LogP contribution in [0.3, 0.4) is 0 Å². The van der Waals surface area contributed by atoms with Gasteiger partial charge in [-0.25, -0.2) is 0 Å². The maximum atomic E-state index is 11.0. The topological polar surface area (TPSA) is 68.1 Å². The van der Waals surface area contributed by atoms with E-state index in [1.54, 1.807) is 0 Å². The van der Waals surface area contributed by atoms with Gasteiger partial charge in [0.2, 0.25) is 0 Å². The molecule has 0 radical (unpaired) electrons. The Bertz CT molecular complexity index is 519. The molecule has 0 saturated carbocycles. The molecule has 2 aromatic rings. The third kappa shape index (κ3) is 2.65. The van der Waals surface area contributed by atoms with Crippen LogP contribution in [0, 0.1) is 0 Å². The molecule has 0 saturated heterocycles. The molecule has 2 rings (SSSR count). The van der Waals surface area contributed by atoms with Gasteiger partial charge in [-0.05, 0) is 35.6 Å². The molecule has 1 aromatic carbocycles. The molecule has 0 amide bonds. The fourth-order valence-electron chi connectivity index (χ4n) is 1.84. The van der Waals surface area contributed by atoms with Crippen LogP contribution in [-0.2, 0) is 9.53 Å². The first kappa shape index (κ1) is 11.7. The molecule has 0 fully saturated rings. The van der Waals surface area contributed by atoms with Crippen molar-refractivity contribution >= 4 is 16.9 Å². The van der Waals surface area contributed by atoms with E-state index in [4.69, 9.17) is 5.73 Å². The second-order valence-electron chi connectivity index (χ2n) is 4.05. The lowest BCUT2D eigenvalue weighted by atomic mass is 10.0. The third-order valence-electron chi connectivity index (χ3n) is 2.89. The molecule has 0 aliphatic carbocycles. The van der Waals surface area contributed by atoms with Gasteiger partial charge < -0.3 is 15.5 Å². The normalized spacial score (nSPS) is 12.6. The van der Waals surface area contributed by atoms with Crippen LogP contribution in [-0.4, -0.2) is 18.1 Å². The lowest BCUT2D eigenvalue weighted by Gasteiger charge is -2.11. The van der Waals surface area contributed by atoms with Gasteiger partial charge in [0.25, 0.3) is 0 Å². The summed E-state index contributed by atoms with van der Waals surface area (Å²) in [6, 6.07) is 7.91. The number of H-pyrrole nitrogens is 1. The first-order valence-corrected chi connectivity index (χ1v) is 5.60. The summed E-state index contributed by atoms with van der Waals surface area (Å²) < 4.78 is 4.59. The minimum absolute atomic E-state index is 0.131. The van der Waals surface area contributed by atoms with Crippen molar-refractivity contribution in [3.8, 4) is 0 Å². The standard InChI is InChI=1S/C13H16N2O2/c1-17-13(16)5-3-11(14)9-2-4-12-10(8-9)6-7-15-12/h2,4,6-8,11,15H,3,5,14H2,1H3. The number of rotatable bonds is 4. The Labute approximate surface area is 99.8 Å². The lowest BCUT2D eigenvalue weighted by Crippen LogP contribution is -2.12. The van der Waals surface area contributed by atoms with Crippen LogP contribution in [0.4, 0.5) is 0 Å². The SMILES string of the molecule is COC(=O)CCC(N)c1ccc2[nH]ccc2c1. The van der Waals surface area contributed by atoms with E-state index in [1.807, 2.05) is 30.5 Å². The van der Waals surface area contributed by atoms with Crippen LogP contribution in [0.15, 0.2) is 30.5 Å². The number of benzene rings is 1. The minimum Gasteiger partial charge on any atom is -0.469 e. The monoisotopic (exact) mass is 232 g/mol. The Kier molecular flexibility index (Phi) is 3.44. The number of aromatic nitrogens is 1. The third-order valence-corrected chi connectivity index (χ3v) is 2.89. The molecule has 1 atom stereocenters. The zero-order valence-corrected chi connectivity index (χ0v) is 9.77. The van der Waals surface area contributed by atoms with E-state index in [0.29, 0.717) is 12.8 Å². The van der Waals surface area contributed by atoms with E-state index in [-0.39, 0.29) is 12.0 Å². The summed E-state index contributed by atoms with van der Waals surface area (Å²) in [7, 11) is 1.39. The average Bonchev–Trinajstić information content (AvgIpc) is 2.82. The second kappa shape index (κ2) is 5.01. The van der Waals surface area contributed by atoms with Gasteiger partial charge in [-0.1, -0.05) is 6.07 Å². The highest BCUT2D eigenvalue weighted by atomic mass is 16.5. The van der Waals surface area contributed by atoms with Gasteiger partial charge in [0.1, 0.15) is 0 Å². The maximum Gasteiger partial charge on any atom is 0.305 e. The van der Waals surface area contributed by atoms with Crippen molar-refractivity contribution in [3.05, 3.63) is 36.0 Å². The number of carbonyl (C=O) groups is 1. The van der Waals surface area contributed by atoms with E-state index in [9.17, 15) is 4.79 Å². The van der Waals surface area contributed by atoms with Crippen molar-refractivity contribution in [2.24, 2.45) is 5.73 Å².